The molecule has 0 N–H and O–H groups in total. The Morgan fingerprint density at radius 1 is 1.33 bits per heavy atom. The zero-order valence-electron chi connectivity index (χ0n) is 11.9. The summed E-state index contributed by atoms with van der Waals surface area (Å²) < 4.78 is 10.6. The van der Waals surface area contributed by atoms with E-state index in [1.165, 1.54) is 13.2 Å². The van der Waals surface area contributed by atoms with Gasteiger partial charge in [0.1, 0.15) is 17.3 Å². The molecule has 1 aromatic carbocycles. The Labute approximate surface area is 121 Å². The van der Waals surface area contributed by atoms with Gasteiger partial charge >= 0.3 is 0 Å². The molecule has 0 fully saturated rings. The van der Waals surface area contributed by atoms with Crippen LogP contribution in [-0.4, -0.2) is 37.4 Å². The minimum absolute atomic E-state index is 0.0696. The summed E-state index contributed by atoms with van der Waals surface area (Å²) in [4.78, 5) is 10.7. The summed E-state index contributed by atoms with van der Waals surface area (Å²) in [5, 5.41) is 16.8. The molecule has 0 spiro atoms. The second-order valence-electron chi connectivity index (χ2n) is 4.43. The molecule has 110 valence electrons. The van der Waals surface area contributed by atoms with Crippen molar-refractivity contribution in [3.63, 3.8) is 0 Å². The molecule has 1 heterocycles. The molecule has 7 heteroatoms. The van der Waals surface area contributed by atoms with E-state index < -0.39 is 4.92 Å². The maximum atomic E-state index is 11.2. The van der Waals surface area contributed by atoms with Crippen molar-refractivity contribution in [2.75, 3.05) is 21.2 Å². The number of ether oxygens (including phenoxy) is 1. The number of furan rings is 1. The van der Waals surface area contributed by atoms with Crippen LogP contribution in [0.2, 0.25) is 0 Å². The quantitative estimate of drug-likeness (QED) is 0.480. The van der Waals surface area contributed by atoms with Crippen LogP contribution >= 0.6 is 0 Å². The molecule has 7 nitrogen and oxygen atoms in total. The summed E-state index contributed by atoms with van der Waals surface area (Å²) in [7, 11) is 5.03. The standard InChI is InChI=1S/C14H15N3O4/c1-16(2)15-9-11-5-7-14(21-11)12-6-4-10(20-3)8-13(12)17(18)19/h4-9H,1-3H3/b15-9-. The fourth-order valence-corrected chi connectivity index (χ4v) is 1.74. The van der Waals surface area contributed by atoms with Gasteiger partial charge in [0.2, 0.25) is 0 Å². The lowest BCUT2D eigenvalue weighted by atomic mass is 10.1. The van der Waals surface area contributed by atoms with E-state index >= 15 is 0 Å². The number of nitro benzene ring substituents is 1. The Hall–Kier alpha value is -2.83. The first kappa shape index (κ1) is 14.6. The highest BCUT2D eigenvalue weighted by Gasteiger charge is 2.19. The number of nitrogens with zero attached hydrogens (tertiary/aromatic N) is 3. The lowest BCUT2D eigenvalue weighted by molar-refractivity contribution is -0.384. The van der Waals surface area contributed by atoms with Gasteiger partial charge < -0.3 is 14.2 Å². The van der Waals surface area contributed by atoms with Gasteiger partial charge in [-0.1, -0.05) is 0 Å². The summed E-state index contributed by atoms with van der Waals surface area (Å²) in [5.74, 6) is 1.35. The number of hydrogen-bond acceptors (Lipinski definition) is 6. The molecule has 1 aromatic heterocycles. The lowest BCUT2D eigenvalue weighted by Gasteiger charge is -2.03. The normalized spacial score (nSPS) is 10.8. The van der Waals surface area contributed by atoms with E-state index in [-0.39, 0.29) is 5.69 Å². The second-order valence-corrected chi connectivity index (χ2v) is 4.43. The summed E-state index contributed by atoms with van der Waals surface area (Å²) in [5.41, 5.74) is 0.324. The minimum atomic E-state index is -0.464. The van der Waals surface area contributed by atoms with E-state index in [9.17, 15) is 10.1 Å². The molecule has 0 bridgehead atoms. The summed E-state index contributed by atoms with van der Waals surface area (Å²) in [6.07, 6.45) is 1.54. The molecule has 0 atom stereocenters. The number of rotatable bonds is 5. The average Bonchev–Trinajstić information content (AvgIpc) is 2.93. The van der Waals surface area contributed by atoms with Gasteiger partial charge in [-0.3, -0.25) is 10.1 Å². The molecule has 0 unspecified atom stereocenters. The van der Waals surface area contributed by atoms with E-state index in [0.717, 1.165) is 0 Å². The first-order valence-electron chi connectivity index (χ1n) is 6.15. The zero-order valence-corrected chi connectivity index (χ0v) is 11.9. The van der Waals surface area contributed by atoms with Crippen molar-refractivity contribution in [3.05, 3.63) is 46.2 Å². The molecule has 2 aromatic rings. The molecule has 0 amide bonds. The third kappa shape index (κ3) is 3.38. The SMILES string of the molecule is COc1ccc(-c2ccc(/C=N\N(C)C)o2)c([N+](=O)[O-])c1. The second kappa shape index (κ2) is 6.08. The fourth-order valence-electron chi connectivity index (χ4n) is 1.74. The van der Waals surface area contributed by atoms with Gasteiger partial charge in [0.15, 0.2) is 0 Å². The van der Waals surface area contributed by atoms with Crippen molar-refractivity contribution in [3.8, 4) is 17.1 Å². The molecular weight excluding hydrogens is 274 g/mol. The van der Waals surface area contributed by atoms with E-state index in [2.05, 4.69) is 5.10 Å². The van der Waals surface area contributed by atoms with Crippen LogP contribution in [0.15, 0.2) is 39.9 Å². The number of nitro groups is 1. The van der Waals surface area contributed by atoms with Crippen LogP contribution < -0.4 is 4.74 Å². The zero-order chi connectivity index (χ0) is 15.4. The molecular formula is C14H15N3O4. The average molecular weight is 289 g/mol. The van der Waals surface area contributed by atoms with Gasteiger partial charge in [-0.25, -0.2) is 0 Å². The molecule has 0 saturated heterocycles. The van der Waals surface area contributed by atoms with Gasteiger partial charge in [0, 0.05) is 14.1 Å². The van der Waals surface area contributed by atoms with Crippen molar-refractivity contribution in [1.82, 2.24) is 5.01 Å². The molecule has 0 aliphatic rings. The van der Waals surface area contributed by atoms with Crippen LogP contribution in [0.3, 0.4) is 0 Å². The van der Waals surface area contributed by atoms with Crippen LogP contribution in [0, 0.1) is 10.1 Å². The minimum Gasteiger partial charge on any atom is -0.497 e. The van der Waals surface area contributed by atoms with Crippen molar-refractivity contribution in [2.24, 2.45) is 5.10 Å². The number of hydrazone groups is 1. The van der Waals surface area contributed by atoms with Gasteiger partial charge in [-0.05, 0) is 24.3 Å². The smallest absolute Gasteiger partial charge is 0.284 e. The topological polar surface area (TPSA) is 81.1 Å². The fraction of sp³-hybridized carbons (Fsp3) is 0.214. The van der Waals surface area contributed by atoms with Crippen LogP contribution in [0.5, 0.6) is 5.75 Å². The lowest BCUT2D eigenvalue weighted by Crippen LogP contribution is -2.01. The Morgan fingerprint density at radius 2 is 2.10 bits per heavy atom. The summed E-state index contributed by atoms with van der Waals surface area (Å²) in [6, 6.07) is 7.99. The van der Waals surface area contributed by atoms with E-state index in [1.54, 1.807) is 49.6 Å². The molecule has 0 radical (unpaired) electrons. The predicted molar refractivity (Wildman–Crippen MR) is 78.6 cm³/mol. The van der Waals surface area contributed by atoms with Gasteiger partial charge in [-0.15, -0.1) is 0 Å². The van der Waals surface area contributed by atoms with Gasteiger partial charge in [-0.2, -0.15) is 5.10 Å². The molecule has 2 rings (SSSR count). The van der Waals surface area contributed by atoms with Crippen LogP contribution in [0.1, 0.15) is 5.76 Å². The van der Waals surface area contributed by atoms with Crippen molar-refractivity contribution >= 4 is 11.9 Å². The largest absolute Gasteiger partial charge is 0.497 e. The number of methoxy groups -OCH3 is 1. The van der Waals surface area contributed by atoms with Gasteiger partial charge in [0.25, 0.3) is 5.69 Å². The molecule has 0 saturated carbocycles. The highest BCUT2D eigenvalue weighted by atomic mass is 16.6. The van der Waals surface area contributed by atoms with E-state index in [1.807, 2.05) is 0 Å². The maximum absolute atomic E-state index is 11.2. The van der Waals surface area contributed by atoms with Crippen molar-refractivity contribution in [1.29, 1.82) is 0 Å². The van der Waals surface area contributed by atoms with Crippen molar-refractivity contribution < 1.29 is 14.1 Å². The Balaban J connectivity index is 2.40. The molecule has 0 aliphatic heterocycles. The summed E-state index contributed by atoms with van der Waals surface area (Å²) >= 11 is 0. The first-order valence-corrected chi connectivity index (χ1v) is 6.15. The molecule has 0 aliphatic carbocycles. The van der Waals surface area contributed by atoms with Crippen LogP contribution in [0.25, 0.3) is 11.3 Å². The van der Waals surface area contributed by atoms with Gasteiger partial charge in [0.05, 0.1) is 29.9 Å². The highest BCUT2D eigenvalue weighted by Crippen LogP contribution is 2.33. The third-order valence-corrected chi connectivity index (χ3v) is 2.71. The first-order chi connectivity index (χ1) is 10.0. The van der Waals surface area contributed by atoms with Crippen LogP contribution in [0.4, 0.5) is 5.69 Å². The Bertz CT molecular complexity index is 677. The molecule has 21 heavy (non-hydrogen) atoms. The Kier molecular flexibility index (Phi) is 4.22. The number of hydrogen-bond donors (Lipinski definition) is 0. The Morgan fingerprint density at radius 3 is 2.71 bits per heavy atom. The highest BCUT2D eigenvalue weighted by molar-refractivity contribution is 5.78. The maximum Gasteiger partial charge on any atom is 0.284 e. The number of benzene rings is 1. The van der Waals surface area contributed by atoms with E-state index in [0.29, 0.717) is 22.8 Å². The van der Waals surface area contributed by atoms with Crippen molar-refractivity contribution in [2.45, 2.75) is 0 Å². The third-order valence-electron chi connectivity index (χ3n) is 2.71. The summed E-state index contributed by atoms with van der Waals surface area (Å²) in [6.45, 7) is 0. The van der Waals surface area contributed by atoms with E-state index in [4.69, 9.17) is 9.15 Å². The monoisotopic (exact) mass is 289 g/mol. The predicted octanol–water partition coefficient (Wildman–Crippen LogP) is 2.76. The van der Waals surface area contributed by atoms with Crippen LogP contribution in [-0.2, 0) is 0 Å².